The molecule has 0 spiro atoms. The number of hydrogen-bond acceptors (Lipinski definition) is 2. The Labute approximate surface area is 96.1 Å². The monoisotopic (exact) mass is 226 g/mol. The largest absolute Gasteiger partial charge is 0.388 e. The number of aryl methyl sites for hydroxylation is 1. The van der Waals surface area contributed by atoms with E-state index in [1.165, 1.54) is 12.1 Å². The van der Waals surface area contributed by atoms with Crippen LogP contribution < -0.4 is 0 Å². The van der Waals surface area contributed by atoms with Crippen molar-refractivity contribution in [3.8, 4) is 0 Å². The van der Waals surface area contributed by atoms with Crippen LogP contribution in [-0.2, 0) is 4.74 Å². The summed E-state index contributed by atoms with van der Waals surface area (Å²) < 4.78 is 18.2. The van der Waals surface area contributed by atoms with Gasteiger partial charge in [-0.3, -0.25) is 0 Å². The average Bonchev–Trinajstić information content (AvgIpc) is 2.24. The van der Waals surface area contributed by atoms with E-state index in [4.69, 9.17) is 4.74 Å². The first-order chi connectivity index (χ1) is 7.65. The molecule has 0 bridgehead atoms. The van der Waals surface area contributed by atoms with Gasteiger partial charge in [-0.1, -0.05) is 13.0 Å². The second-order valence-corrected chi connectivity index (χ2v) is 3.92. The normalized spacial score (nSPS) is 12.8. The first-order valence-electron chi connectivity index (χ1n) is 5.67. The highest BCUT2D eigenvalue weighted by molar-refractivity contribution is 5.28. The first kappa shape index (κ1) is 13.1. The third-order valence-electron chi connectivity index (χ3n) is 2.47. The molecule has 1 N–H and O–H groups in total. The number of rotatable bonds is 6. The van der Waals surface area contributed by atoms with Gasteiger partial charge in [-0.25, -0.2) is 4.39 Å². The molecule has 0 aromatic heterocycles. The lowest BCUT2D eigenvalue weighted by Crippen LogP contribution is -2.05. The predicted molar refractivity (Wildman–Crippen MR) is 61.8 cm³/mol. The van der Waals surface area contributed by atoms with E-state index in [-0.39, 0.29) is 5.82 Å². The summed E-state index contributed by atoms with van der Waals surface area (Å²) >= 11 is 0. The van der Waals surface area contributed by atoms with Crippen molar-refractivity contribution >= 4 is 0 Å². The van der Waals surface area contributed by atoms with Crippen LogP contribution in [0, 0.1) is 12.7 Å². The van der Waals surface area contributed by atoms with Crippen molar-refractivity contribution in [3.63, 3.8) is 0 Å². The van der Waals surface area contributed by atoms with Gasteiger partial charge in [0.1, 0.15) is 5.82 Å². The summed E-state index contributed by atoms with van der Waals surface area (Å²) in [6, 6.07) is 4.44. The number of halogens is 1. The average molecular weight is 226 g/mol. The SMILES string of the molecule is CCCOCCC(O)c1ccc(F)cc1C. The molecular weight excluding hydrogens is 207 g/mol. The Morgan fingerprint density at radius 1 is 1.38 bits per heavy atom. The fourth-order valence-corrected chi connectivity index (χ4v) is 1.61. The standard InChI is InChI=1S/C13H19FO2/c1-3-7-16-8-6-13(15)12-5-4-11(14)9-10(12)2/h4-5,9,13,15H,3,6-8H2,1-2H3. The molecule has 0 fully saturated rings. The van der Waals surface area contributed by atoms with Crippen LogP contribution in [0.1, 0.15) is 37.0 Å². The highest BCUT2D eigenvalue weighted by atomic mass is 19.1. The van der Waals surface area contributed by atoms with Gasteiger partial charge in [0.15, 0.2) is 0 Å². The van der Waals surface area contributed by atoms with Crippen LogP contribution in [0.2, 0.25) is 0 Å². The van der Waals surface area contributed by atoms with Crippen molar-refractivity contribution < 1.29 is 14.2 Å². The molecule has 0 aliphatic rings. The highest BCUT2D eigenvalue weighted by Crippen LogP contribution is 2.21. The molecule has 16 heavy (non-hydrogen) atoms. The zero-order chi connectivity index (χ0) is 12.0. The minimum Gasteiger partial charge on any atom is -0.388 e. The maximum absolute atomic E-state index is 12.9. The van der Waals surface area contributed by atoms with Gasteiger partial charge in [-0.05, 0) is 36.6 Å². The molecule has 1 rings (SSSR count). The Morgan fingerprint density at radius 3 is 2.75 bits per heavy atom. The van der Waals surface area contributed by atoms with Crippen LogP contribution in [0.4, 0.5) is 4.39 Å². The maximum atomic E-state index is 12.9. The Morgan fingerprint density at radius 2 is 2.12 bits per heavy atom. The van der Waals surface area contributed by atoms with Gasteiger partial charge in [-0.15, -0.1) is 0 Å². The molecule has 0 saturated heterocycles. The molecule has 0 heterocycles. The maximum Gasteiger partial charge on any atom is 0.123 e. The van der Waals surface area contributed by atoms with Crippen molar-refractivity contribution in [2.24, 2.45) is 0 Å². The van der Waals surface area contributed by atoms with E-state index in [1.807, 2.05) is 6.92 Å². The topological polar surface area (TPSA) is 29.5 Å². The smallest absolute Gasteiger partial charge is 0.123 e. The summed E-state index contributed by atoms with van der Waals surface area (Å²) in [6.45, 7) is 5.09. The van der Waals surface area contributed by atoms with Crippen LogP contribution in [0.15, 0.2) is 18.2 Å². The quantitative estimate of drug-likeness (QED) is 0.756. The first-order valence-corrected chi connectivity index (χ1v) is 5.67. The van der Waals surface area contributed by atoms with Gasteiger partial charge in [0.25, 0.3) is 0 Å². The number of ether oxygens (including phenoxy) is 1. The lowest BCUT2D eigenvalue weighted by Gasteiger charge is -2.13. The summed E-state index contributed by atoms with van der Waals surface area (Å²) in [4.78, 5) is 0. The van der Waals surface area contributed by atoms with Gasteiger partial charge in [0.05, 0.1) is 6.10 Å². The molecule has 1 aromatic rings. The van der Waals surface area contributed by atoms with Crippen LogP contribution in [0.5, 0.6) is 0 Å². The van der Waals surface area contributed by atoms with Crippen LogP contribution in [0.25, 0.3) is 0 Å². The molecule has 1 unspecified atom stereocenters. The van der Waals surface area contributed by atoms with Crippen LogP contribution in [-0.4, -0.2) is 18.3 Å². The van der Waals surface area contributed by atoms with Crippen LogP contribution >= 0.6 is 0 Å². The van der Waals surface area contributed by atoms with E-state index < -0.39 is 6.10 Å². The zero-order valence-corrected chi connectivity index (χ0v) is 9.87. The van der Waals surface area contributed by atoms with Crippen molar-refractivity contribution in [3.05, 3.63) is 35.1 Å². The fourth-order valence-electron chi connectivity index (χ4n) is 1.61. The van der Waals surface area contributed by atoms with Gasteiger partial charge >= 0.3 is 0 Å². The van der Waals surface area contributed by atoms with E-state index in [9.17, 15) is 9.50 Å². The Bertz CT molecular complexity index is 326. The van der Waals surface area contributed by atoms with Gasteiger partial charge in [-0.2, -0.15) is 0 Å². The molecule has 0 saturated carbocycles. The Balaban J connectivity index is 2.49. The molecule has 90 valence electrons. The van der Waals surface area contributed by atoms with Gasteiger partial charge in [0.2, 0.25) is 0 Å². The van der Waals surface area contributed by atoms with Gasteiger partial charge < -0.3 is 9.84 Å². The number of hydrogen-bond donors (Lipinski definition) is 1. The molecular formula is C13H19FO2. The highest BCUT2D eigenvalue weighted by Gasteiger charge is 2.10. The summed E-state index contributed by atoms with van der Waals surface area (Å²) in [5, 5.41) is 9.89. The molecule has 0 aliphatic heterocycles. The molecule has 0 aliphatic carbocycles. The van der Waals surface area contributed by atoms with Crippen LogP contribution in [0.3, 0.4) is 0 Å². The van der Waals surface area contributed by atoms with E-state index in [1.54, 1.807) is 13.0 Å². The summed E-state index contributed by atoms with van der Waals surface area (Å²) in [5.41, 5.74) is 1.56. The van der Waals surface area contributed by atoms with Crippen molar-refractivity contribution in [1.29, 1.82) is 0 Å². The fraction of sp³-hybridized carbons (Fsp3) is 0.538. The lowest BCUT2D eigenvalue weighted by molar-refractivity contribution is 0.0819. The minimum atomic E-state index is -0.572. The summed E-state index contributed by atoms with van der Waals surface area (Å²) in [5.74, 6) is -0.268. The second kappa shape index (κ2) is 6.61. The lowest BCUT2D eigenvalue weighted by atomic mass is 10.0. The predicted octanol–water partition coefficient (Wildman–Crippen LogP) is 2.98. The van der Waals surface area contributed by atoms with E-state index in [2.05, 4.69) is 0 Å². The number of benzene rings is 1. The van der Waals surface area contributed by atoms with E-state index >= 15 is 0 Å². The third kappa shape index (κ3) is 3.91. The molecule has 1 atom stereocenters. The zero-order valence-electron chi connectivity index (χ0n) is 9.87. The summed E-state index contributed by atoms with van der Waals surface area (Å²) in [6.07, 6.45) is 0.954. The molecule has 1 aromatic carbocycles. The Kier molecular flexibility index (Phi) is 5.43. The van der Waals surface area contributed by atoms with E-state index in [0.717, 1.165) is 24.2 Å². The number of aliphatic hydroxyl groups excluding tert-OH is 1. The molecule has 2 nitrogen and oxygen atoms in total. The van der Waals surface area contributed by atoms with Gasteiger partial charge in [0, 0.05) is 19.6 Å². The second-order valence-electron chi connectivity index (χ2n) is 3.92. The van der Waals surface area contributed by atoms with Crippen molar-refractivity contribution in [2.45, 2.75) is 32.8 Å². The van der Waals surface area contributed by atoms with E-state index in [0.29, 0.717) is 13.0 Å². The number of aliphatic hydroxyl groups is 1. The minimum absolute atomic E-state index is 0.268. The molecule has 0 radical (unpaired) electrons. The van der Waals surface area contributed by atoms with Crippen molar-refractivity contribution in [2.75, 3.05) is 13.2 Å². The summed E-state index contributed by atoms with van der Waals surface area (Å²) in [7, 11) is 0. The Hall–Kier alpha value is -0.930. The van der Waals surface area contributed by atoms with Crippen molar-refractivity contribution in [1.82, 2.24) is 0 Å². The third-order valence-corrected chi connectivity index (χ3v) is 2.47. The molecule has 3 heteroatoms. The molecule has 0 amide bonds.